The molecule has 5 nitrogen and oxygen atoms in total. The second kappa shape index (κ2) is 8.28. The van der Waals surface area contributed by atoms with Crippen molar-refractivity contribution >= 4 is 11.7 Å². The first-order valence-electron chi connectivity index (χ1n) is 8.16. The number of carbonyl (C=O) groups is 1. The first kappa shape index (κ1) is 18.4. The van der Waals surface area contributed by atoms with E-state index in [1.165, 1.54) is 6.07 Å². The van der Waals surface area contributed by atoms with Crippen LogP contribution in [0, 0.1) is 12.8 Å². The highest BCUT2D eigenvalue weighted by molar-refractivity contribution is 5.89. The molecule has 1 fully saturated rings. The number of carbonyl (C=O) groups excluding carboxylic acids is 1. The van der Waals surface area contributed by atoms with Crippen molar-refractivity contribution < 1.29 is 18.3 Å². The van der Waals surface area contributed by atoms with E-state index in [0.29, 0.717) is 17.2 Å². The Morgan fingerprint density at radius 1 is 1.33 bits per heavy atom. The zero-order valence-electron chi connectivity index (χ0n) is 14.3. The number of hydrogen-bond acceptors (Lipinski definition) is 3. The predicted octanol–water partition coefficient (Wildman–Crippen LogP) is 3.45. The Morgan fingerprint density at radius 3 is 2.62 bits per heavy atom. The van der Waals surface area contributed by atoms with E-state index in [2.05, 4.69) is 27.3 Å². The minimum Gasteiger partial charge on any atom is -0.434 e. The van der Waals surface area contributed by atoms with Crippen LogP contribution in [-0.4, -0.2) is 43.7 Å². The molecule has 1 aromatic rings. The quantitative estimate of drug-likeness (QED) is 0.862. The number of amides is 2. The maximum atomic E-state index is 12.4. The Kier molecular flexibility index (Phi) is 6.36. The van der Waals surface area contributed by atoms with Gasteiger partial charge in [0.25, 0.3) is 0 Å². The molecule has 0 radical (unpaired) electrons. The summed E-state index contributed by atoms with van der Waals surface area (Å²) in [4.78, 5) is 14.4. The van der Waals surface area contributed by atoms with E-state index in [1.54, 1.807) is 19.1 Å². The Labute approximate surface area is 141 Å². The van der Waals surface area contributed by atoms with Gasteiger partial charge in [-0.2, -0.15) is 8.78 Å². The monoisotopic (exact) mass is 341 g/mol. The number of urea groups is 1. The van der Waals surface area contributed by atoms with Crippen molar-refractivity contribution in [3.63, 3.8) is 0 Å². The molecule has 2 N–H and O–H groups in total. The number of nitrogens with one attached hydrogen (secondary N) is 2. The van der Waals surface area contributed by atoms with Gasteiger partial charge < -0.3 is 20.3 Å². The molecule has 1 aromatic carbocycles. The minimum absolute atomic E-state index is 0.0564. The topological polar surface area (TPSA) is 53.6 Å². The number of nitrogens with zero attached hydrogens (tertiary/aromatic N) is 1. The molecule has 7 heteroatoms. The summed E-state index contributed by atoms with van der Waals surface area (Å²) >= 11 is 0. The molecule has 0 spiro atoms. The van der Waals surface area contributed by atoms with Gasteiger partial charge in [0.05, 0.1) is 0 Å². The molecular formula is C17H25F2N3O2. The molecule has 0 saturated carbocycles. The van der Waals surface area contributed by atoms with E-state index < -0.39 is 6.61 Å². The van der Waals surface area contributed by atoms with E-state index >= 15 is 0 Å². The minimum atomic E-state index is -2.89. The summed E-state index contributed by atoms with van der Waals surface area (Å²) in [6.45, 7) is 2.84. The highest BCUT2D eigenvalue weighted by Crippen LogP contribution is 2.24. The first-order valence-corrected chi connectivity index (χ1v) is 8.16. The Morgan fingerprint density at radius 2 is 2.00 bits per heavy atom. The van der Waals surface area contributed by atoms with Crippen molar-refractivity contribution in [1.29, 1.82) is 0 Å². The highest BCUT2D eigenvalue weighted by Gasteiger charge is 2.23. The molecule has 1 atom stereocenters. The van der Waals surface area contributed by atoms with Crippen molar-refractivity contribution in [1.82, 2.24) is 10.2 Å². The smallest absolute Gasteiger partial charge is 0.387 e. The second-order valence-electron chi connectivity index (χ2n) is 6.39. The lowest BCUT2D eigenvalue weighted by molar-refractivity contribution is -0.0502. The van der Waals surface area contributed by atoms with Crippen LogP contribution < -0.4 is 15.4 Å². The molecule has 134 valence electrons. The molecule has 1 saturated heterocycles. The third-order valence-electron chi connectivity index (χ3n) is 4.49. The number of benzene rings is 1. The van der Waals surface area contributed by atoms with Crippen LogP contribution in [0.4, 0.5) is 19.3 Å². The molecule has 0 aromatic heterocycles. The van der Waals surface area contributed by atoms with Crippen LogP contribution in [0.15, 0.2) is 18.2 Å². The van der Waals surface area contributed by atoms with E-state index in [0.717, 1.165) is 25.9 Å². The number of alkyl halides is 2. The zero-order valence-corrected chi connectivity index (χ0v) is 14.3. The van der Waals surface area contributed by atoms with Gasteiger partial charge in [-0.15, -0.1) is 0 Å². The summed E-state index contributed by atoms with van der Waals surface area (Å²) in [5.74, 6) is 0.508. The number of rotatable bonds is 5. The lowest BCUT2D eigenvalue weighted by Gasteiger charge is -2.33. The number of piperidine rings is 1. The fourth-order valence-electron chi connectivity index (χ4n) is 2.92. The third kappa shape index (κ3) is 5.33. The van der Waals surface area contributed by atoms with E-state index in [9.17, 15) is 13.6 Å². The van der Waals surface area contributed by atoms with E-state index in [1.807, 2.05) is 6.92 Å². The van der Waals surface area contributed by atoms with Crippen molar-refractivity contribution in [2.24, 2.45) is 5.92 Å². The SMILES string of the molecule is Cc1ccc(NC(=O)N[C@@H](C)C2CCN(C)CC2)cc1OC(F)F. The Hall–Kier alpha value is -1.89. The number of ether oxygens (including phenoxy) is 1. The molecule has 1 aliphatic rings. The van der Waals surface area contributed by atoms with E-state index in [-0.39, 0.29) is 17.8 Å². The van der Waals surface area contributed by atoms with Crippen LogP contribution in [0.5, 0.6) is 5.75 Å². The van der Waals surface area contributed by atoms with E-state index in [4.69, 9.17) is 0 Å². The van der Waals surface area contributed by atoms with Crippen molar-refractivity contribution in [3.8, 4) is 5.75 Å². The molecular weight excluding hydrogens is 316 g/mol. The third-order valence-corrected chi connectivity index (χ3v) is 4.49. The van der Waals surface area contributed by atoms with Gasteiger partial charge in [0, 0.05) is 17.8 Å². The van der Waals surface area contributed by atoms with Crippen molar-refractivity contribution in [2.45, 2.75) is 39.3 Å². The molecule has 1 aliphatic heterocycles. The van der Waals surface area contributed by atoms with Crippen LogP contribution >= 0.6 is 0 Å². The summed E-state index contributed by atoms with van der Waals surface area (Å²) in [7, 11) is 2.09. The number of aryl methyl sites for hydroxylation is 1. The summed E-state index contributed by atoms with van der Waals surface area (Å²) in [6.07, 6.45) is 2.10. The number of hydrogen-bond donors (Lipinski definition) is 2. The average molecular weight is 341 g/mol. The molecule has 0 bridgehead atoms. The average Bonchev–Trinajstić information content (AvgIpc) is 2.50. The number of anilines is 1. The van der Waals surface area contributed by atoms with Crippen LogP contribution in [0.1, 0.15) is 25.3 Å². The molecule has 0 aliphatic carbocycles. The largest absolute Gasteiger partial charge is 0.434 e. The Balaban J connectivity index is 1.89. The molecule has 24 heavy (non-hydrogen) atoms. The van der Waals surface area contributed by atoms with Gasteiger partial charge >= 0.3 is 12.6 Å². The van der Waals surface area contributed by atoms with Crippen molar-refractivity contribution in [3.05, 3.63) is 23.8 Å². The fraction of sp³-hybridized carbons (Fsp3) is 0.588. The molecule has 2 rings (SSSR count). The van der Waals surface area contributed by atoms with Crippen LogP contribution in [0.3, 0.4) is 0 Å². The molecule has 1 heterocycles. The molecule has 0 unspecified atom stereocenters. The molecule has 2 amide bonds. The van der Waals surface area contributed by atoms with Crippen LogP contribution in [-0.2, 0) is 0 Å². The summed E-state index contributed by atoms with van der Waals surface area (Å²) in [5.41, 5.74) is 1.00. The summed E-state index contributed by atoms with van der Waals surface area (Å²) in [5, 5.41) is 5.61. The second-order valence-corrected chi connectivity index (χ2v) is 6.39. The Bertz CT molecular complexity index is 561. The van der Waals surface area contributed by atoms with Gasteiger partial charge in [0.15, 0.2) is 0 Å². The van der Waals surface area contributed by atoms with Gasteiger partial charge in [0.2, 0.25) is 0 Å². The first-order chi connectivity index (χ1) is 11.3. The number of halogens is 2. The maximum Gasteiger partial charge on any atom is 0.387 e. The fourth-order valence-corrected chi connectivity index (χ4v) is 2.92. The van der Waals surface area contributed by atoms with Gasteiger partial charge in [0.1, 0.15) is 5.75 Å². The maximum absolute atomic E-state index is 12.4. The highest BCUT2D eigenvalue weighted by atomic mass is 19.3. The predicted molar refractivity (Wildman–Crippen MR) is 89.6 cm³/mol. The van der Waals surface area contributed by atoms with Gasteiger partial charge in [-0.05, 0) is 64.4 Å². The lowest BCUT2D eigenvalue weighted by atomic mass is 9.91. The summed E-state index contributed by atoms with van der Waals surface area (Å²) in [6, 6.07) is 4.41. The van der Waals surface area contributed by atoms with Gasteiger partial charge in [-0.1, -0.05) is 6.07 Å². The normalized spacial score (nSPS) is 17.6. The van der Waals surface area contributed by atoms with Crippen molar-refractivity contribution in [2.75, 3.05) is 25.5 Å². The summed E-state index contributed by atoms with van der Waals surface area (Å²) < 4.78 is 29.2. The van der Waals surface area contributed by atoms with Crippen LogP contribution in [0.2, 0.25) is 0 Å². The zero-order chi connectivity index (χ0) is 17.7. The number of likely N-dealkylation sites (tertiary alicyclic amines) is 1. The van der Waals surface area contributed by atoms with Gasteiger partial charge in [-0.25, -0.2) is 4.79 Å². The standard InChI is InChI=1S/C17H25F2N3O2/c1-11-4-5-14(10-15(11)24-16(18)19)21-17(23)20-12(2)13-6-8-22(3)9-7-13/h4-5,10,12-13,16H,6-9H2,1-3H3,(H2,20,21,23)/t12-/m0/s1. The lowest BCUT2D eigenvalue weighted by Crippen LogP contribution is -2.44. The van der Waals surface area contributed by atoms with Crippen LogP contribution in [0.25, 0.3) is 0 Å². The van der Waals surface area contributed by atoms with Gasteiger partial charge in [-0.3, -0.25) is 0 Å².